The van der Waals surface area contributed by atoms with Crippen molar-refractivity contribution in [1.82, 2.24) is 14.5 Å². The Morgan fingerprint density at radius 1 is 1.21 bits per heavy atom. The Bertz CT molecular complexity index is 668. The summed E-state index contributed by atoms with van der Waals surface area (Å²) in [4.78, 5) is 4.81. The molecule has 0 radical (unpaired) electrons. The summed E-state index contributed by atoms with van der Waals surface area (Å²) in [7, 11) is -3.64. The van der Waals surface area contributed by atoms with Gasteiger partial charge in [-0.25, -0.2) is 17.5 Å². The topological polar surface area (TPSA) is 52.6 Å². The third-order valence-corrected chi connectivity index (χ3v) is 6.21. The first-order chi connectivity index (χ1) is 11.2. The van der Waals surface area contributed by atoms with Gasteiger partial charge in [-0.15, -0.1) is 0 Å². The zero-order valence-corrected chi connectivity index (χ0v) is 15.8. The van der Waals surface area contributed by atoms with E-state index >= 15 is 0 Å². The van der Waals surface area contributed by atoms with Crippen LogP contribution in [0.1, 0.15) is 26.3 Å². The molecule has 0 aliphatic carbocycles. The van der Waals surface area contributed by atoms with E-state index in [0.29, 0.717) is 12.1 Å². The molecular formula is C17H28FN3O2S. The second-order valence-electron chi connectivity index (χ2n) is 6.97. The number of rotatable bonds is 6. The number of nitrogens with zero attached hydrogens (tertiary/aromatic N) is 2. The van der Waals surface area contributed by atoms with Gasteiger partial charge in [0.2, 0.25) is 10.0 Å². The lowest BCUT2D eigenvalue weighted by Gasteiger charge is -2.44. The molecule has 1 N–H and O–H groups in total. The number of nitrogens with one attached hydrogen (secondary N) is 1. The molecule has 0 amide bonds. The number of halogens is 1. The first kappa shape index (κ1) is 19.3. The summed E-state index contributed by atoms with van der Waals surface area (Å²) in [5.41, 5.74) is 0.0509. The molecule has 1 aromatic carbocycles. The average molecular weight is 357 g/mol. The highest BCUT2D eigenvalue weighted by atomic mass is 32.2. The maximum Gasteiger partial charge on any atom is 0.240 e. The van der Waals surface area contributed by atoms with E-state index in [1.54, 1.807) is 6.92 Å². The number of hydrogen-bond donors (Lipinski definition) is 1. The summed E-state index contributed by atoms with van der Waals surface area (Å²) in [6.45, 7) is 13.0. The molecule has 1 saturated heterocycles. The van der Waals surface area contributed by atoms with Gasteiger partial charge in [0.1, 0.15) is 5.82 Å². The molecule has 136 valence electrons. The van der Waals surface area contributed by atoms with Crippen molar-refractivity contribution >= 4 is 10.0 Å². The molecule has 1 aromatic rings. The van der Waals surface area contributed by atoms with Crippen LogP contribution in [0.25, 0.3) is 0 Å². The van der Waals surface area contributed by atoms with Crippen molar-refractivity contribution in [2.45, 2.75) is 38.1 Å². The molecule has 5 nitrogen and oxygen atoms in total. The maximum atomic E-state index is 13.3. The van der Waals surface area contributed by atoms with Crippen molar-refractivity contribution in [3.63, 3.8) is 0 Å². The molecule has 2 rings (SSSR count). The standard InChI is InChI=1S/C17H28FN3O2S/c1-5-20-8-10-21(11-9-20)17(3,4)13-19-24(22,23)15-6-7-16(18)14(2)12-15/h6-7,12,19H,5,8-11,13H2,1-4H3. The van der Waals surface area contributed by atoms with Crippen LogP contribution in [0.3, 0.4) is 0 Å². The Morgan fingerprint density at radius 3 is 2.38 bits per heavy atom. The zero-order valence-electron chi connectivity index (χ0n) is 15.0. The summed E-state index contributed by atoms with van der Waals surface area (Å²) in [6.07, 6.45) is 0. The number of likely N-dealkylation sites (N-methyl/N-ethyl adjacent to an activating group) is 1. The smallest absolute Gasteiger partial charge is 0.240 e. The molecule has 0 atom stereocenters. The third-order valence-electron chi connectivity index (χ3n) is 4.81. The van der Waals surface area contributed by atoms with Crippen molar-refractivity contribution in [1.29, 1.82) is 0 Å². The van der Waals surface area contributed by atoms with Gasteiger partial charge in [-0.2, -0.15) is 0 Å². The van der Waals surface area contributed by atoms with Crippen molar-refractivity contribution in [2.24, 2.45) is 0 Å². The summed E-state index contributed by atoms with van der Waals surface area (Å²) in [5, 5.41) is 0. The zero-order chi connectivity index (χ0) is 18.0. The third kappa shape index (κ3) is 4.53. The van der Waals surface area contributed by atoms with E-state index < -0.39 is 15.8 Å². The second-order valence-corrected chi connectivity index (χ2v) is 8.74. The molecule has 0 spiro atoms. The molecule has 0 bridgehead atoms. The predicted molar refractivity (Wildman–Crippen MR) is 94.1 cm³/mol. The van der Waals surface area contributed by atoms with Crippen LogP contribution in [-0.4, -0.2) is 63.0 Å². The molecule has 0 saturated carbocycles. The van der Waals surface area contributed by atoms with Crippen molar-refractivity contribution in [3.05, 3.63) is 29.6 Å². The Labute approximate surface area is 144 Å². The van der Waals surface area contributed by atoms with E-state index in [-0.39, 0.29) is 10.4 Å². The Kier molecular flexibility index (Phi) is 6.01. The quantitative estimate of drug-likeness (QED) is 0.844. The summed E-state index contributed by atoms with van der Waals surface area (Å²) >= 11 is 0. The highest BCUT2D eigenvalue weighted by Crippen LogP contribution is 2.18. The van der Waals surface area contributed by atoms with Crippen LogP contribution in [0.4, 0.5) is 4.39 Å². The van der Waals surface area contributed by atoms with E-state index in [9.17, 15) is 12.8 Å². The van der Waals surface area contributed by atoms with Gasteiger partial charge >= 0.3 is 0 Å². The van der Waals surface area contributed by atoms with Crippen LogP contribution in [0, 0.1) is 12.7 Å². The Hall–Kier alpha value is -1.02. The van der Waals surface area contributed by atoms with Gasteiger partial charge in [0, 0.05) is 38.3 Å². The molecule has 0 aromatic heterocycles. The molecule has 1 aliphatic rings. The number of piperazine rings is 1. The number of benzene rings is 1. The van der Waals surface area contributed by atoms with Gasteiger partial charge in [-0.1, -0.05) is 6.92 Å². The number of hydrogen-bond acceptors (Lipinski definition) is 4. The normalized spacial score (nSPS) is 18.0. The van der Waals surface area contributed by atoms with Gasteiger partial charge in [0.05, 0.1) is 4.90 Å². The van der Waals surface area contributed by atoms with Crippen LogP contribution in [0.5, 0.6) is 0 Å². The highest BCUT2D eigenvalue weighted by Gasteiger charge is 2.31. The highest BCUT2D eigenvalue weighted by molar-refractivity contribution is 7.89. The SMILES string of the molecule is CCN1CCN(C(C)(C)CNS(=O)(=O)c2ccc(F)c(C)c2)CC1. The first-order valence-corrected chi connectivity index (χ1v) is 9.87. The minimum absolute atomic E-state index is 0.105. The van der Waals surface area contributed by atoms with Crippen LogP contribution >= 0.6 is 0 Å². The van der Waals surface area contributed by atoms with Gasteiger partial charge in [-0.3, -0.25) is 4.90 Å². The minimum Gasteiger partial charge on any atom is -0.301 e. The predicted octanol–water partition coefficient (Wildman–Crippen LogP) is 1.83. The fourth-order valence-corrected chi connectivity index (χ4v) is 4.21. The lowest BCUT2D eigenvalue weighted by molar-refractivity contribution is 0.0571. The number of sulfonamides is 1. The molecule has 1 heterocycles. The van der Waals surface area contributed by atoms with Crippen molar-refractivity contribution in [3.8, 4) is 0 Å². The fraction of sp³-hybridized carbons (Fsp3) is 0.647. The fourth-order valence-electron chi connectivity index (χ4n) is 2.92. The van der Waals surface area contributed by atoms with Crippen LogP contribution in [0.2, 0.25) is 0 Å². The maximum absolute atomic E-state index is 13.3. The van der Waals surface area contributed by atoms with E-state index in [1.807, 2.05) is 13.8 Å². The summed E-state index contributed by atoms with van der Waals surface area (Å²) in [5.74, 6) is -0.400. The van der Waals surface area contributed by atoms with E-state index in [4.69, 9.17) is 0 Å². The lowest BCUT2D eigenvalue weighted by atomic mass is 10.0. The lowest BCUT2D eigenvalue weighted by Crippen LogP contribution is -2.58. The molecule has 0 unspecified atom stereocenters. The van der Waals surface area contributed by atoms with Gasteiger partial charge in [-0.05, 0) is 51.1 Å². The number of aryl methyl sites for hydroxylation is 1. The molecule has 1 aliphatic heterocycles. The Balaban J connectivity index is 2.01. The van der Waals surface area contributed by atoms with Gasteiger partial charge in [0.15, 0.2) is 0 Å². The van der Waals surface area contributed by atoms with Crippen LogP contribution in [0.15, 0.2) is 23.1 Å². The summed E-state index contributed by atoms with van der Waals surface area (Å²) < 4.78 is 40.9. The largest absolute Gasteiger partial charge is 0.301 e. The monoisotopic (exact) mass is 357 g/mol. The van der Waals surface area contributed by atoms with Gasteiger partial charge in [0.25, 0.3) is 0 Å². The molecule has 24 heavy (non-hydrogen) atoms. The molecular weight excluding hydrogens is 329 g/mol. The van der Waals surface area contributed by atoms with Crippen molar-refractivity contribution in [2.75, 3.05) is 39.3 Å². The average Bonchev–Trinajstić information content (AvgIpc) is 2.55. The van der Waals surface area contributed by atoms with Crippen LogP contribution in [-0.2, 0) is 10.0 Å². The second kappa shape index (κ2) is 7.47. The molecule has 1 fully saturated rings. The van der Waals surface area contributed by atoms with Crippen LogP contribution < -0.4 is 4.72 Å². The van der Waals surface area contributed by atoms with Crippen molar-refractivity contribution < 1.29 is 12.8 Å². The first-order valence-electron chi connectivity index (χ1n) is 8.39. The summed E-state index contributed by atoms with van der Waals surface area (Å²) in [6, 6.07) is 3.86. The van der Waals surface area contributed by atoms with Gasteiger partial charge < -0.3 is 4.90 Å². The Morgan fingerprint density at radius 2 is 1.83 bits per heavy atom. The molecule has 7 heteroatoms. The van der Waals surface area contributed by atoms with E-state index in [2.05, 4.69) is 21.4 Å². The van der Waals surface area contributed by atoms with E-state index in [1.165, 1.54) is 18.2 Å². The van der Waals surface area contributed by atoms with E-state index in [0.717, 1.165) is 32.7 Å². The minimum atomic E-state index is -3.64.